The first-order chi connectivity index (χ1) is 10.1. The van der Waals surface area contributed by atoms with Crippen LogP contribution in [0.2, 0.25) is 0 Å². The van der Waals surface area contributed by atoms with Gasteiger partial charge in [0.25, 0.3) is 0 Å². The summed E-state index contributed by atoms with van der Waals surface area (Å²) in [5.41, 5.74) is 6.67. The van der Waals surface area contributed by atoms with Crippen LogP contribution in [-0.4, -0.2) is 14.2 Å². The van der Waals surface area contributed by atoms with Gasteiger partial charge in [0.15, 0.2) is 0 Å². The van der Waals surface area contributed by atoms with Gasteiger partial charge in [-0.05, 0) is 30.7 Å². The van der Waals surface area contributed by atoms with Gasteiger partial charge in [0, 0.05) is 11.6 Å². The first kappa shape index (κ1) is 15.3. The molecule has 0 aliphatic heterocycles. The van der Waals surface area contributed by atoms with Crippen LogP contribution in [0.1, 0.15) is 17.2 Å². The van der Waals surface area contributed by atoms with Crippen molar-refractivity contribution in [2.45, 2.75) is 12.5 Å². The van der Waals surface area contributed by atoms with Crippen LogP contribution in [0.4, 0.5) is 8.78 Å². The van der Waals surface area contributed by atoms with E-state index in [4.69, 9.17) is 15.2 Å². The summed E-state index contributed by atoms with van der Waals surface area (Å²) >= 11 is 0. The van der Waals surface area contributed by atoms with Crippen molar-refractivity contribution in [2.75, 3.05) is 14.2 Å². The molecule has 3 nitrogen and oxygen atoms in total. The maximum absolute atomic E-state index is 13.7. The molecule has 21 heavy (non-hydrogen) atoms. The van der Waals surface area contributed by atoms with Crippen LogP contribution < -0.4 is 15.2 Å². The smallest absolute Gasteiger partial charge is 0.129 e. The molecule has 1 atom stereocenters. The van der Waals surface area contributed by atoms with Crippen molar-refractivity contribution >= 4 is 0 Å². The lowest BCUT2D eigenvalue weighted by Gasteiger charge is -2.19. The van der Waals surface area contributed by atoms with E-state index in [1.54, 1.807) is 18.2 Å². The van der Waals surface area contributed by atoms with Gasteiger partial charge in [-0.25, -0.2) is 8.78 Å². The number of ether oxygens (including phenoxy) is 2. The lowest BCUT2D eigenvalue weighted by atomic mass is 9.97. The fraction of sp³-hybridized carbons (Fsp3) is 0.250. The minimum Gasteiger partial charge on any atom is -0.496 e. The van der Waals surface area contributed by atoms with Gasteiger partial charge in [-0.3, -0.25) is 0 Å². The highest BCUT2D eigenvalue weighted by Gasteiger charge is 2.20. The Kier molecular flexibility index (Phi) is 4.75. The molecule has 0 amide bonds. The van der Waals surface area contributed by atoms with Crippen molar-refractivity contribution < 1.29 is 18.3 Å². The Morgan fingerprint density at radius 3 is 1.90 bits per heavy atom. The van der Waals surface area contributed by atoms with Crippen LogP contribution in [0.25, 0.3) is 0 Å². The van der Waals surface area contributed by atoms with E-state index in [1.807, 2.05) is 0 Å². The highest BCUT2D eigenvalue weighted by Crippen LogP contribution is 2.34. The van der Waals surface area contributed by atoms with Crippen molar-refractivity contribution in [1.29, 1.82) is 0 Å². The van der Waals surface area contributed by atoms with Crippen molar-refractivity contribution in [1.82, 2.24) is 0 Å². The van der Waals surface area contributed by atoms with E-state index in [9.17, 15) is 8.78 Å². The number of hydrogen-bond donors (Lipinski definition) is 1. The van der Waals surface area contributed by atoms with Crippen molar-refractivity contribution in [2.24, 2.45) is 5.73 Å². The molecule has 2 aromatic carbocycles. The SMILES string of the molecule is COc1cccc(OC)c1C(N)Cc1c(F)cccc1F. The second kappa shape index (κ2) is 6.54. The predicted octanol–water partition coefficient (Wildman–Crippen LogP) is 3.22. The number of nitrogens with two attached hydrogens (primary N) is 1. The van der Waals surface area contributed by atoms with Crippen molar-refractivity contribution in [3.05, 3.63) is 59.2 Å². The van der Waals surface area contributed by atoms with Crippen LogP contribution in [0.5, 0.6) is 11.5 Å². The summed E-state index contributed by atoms with van der Waals surface area (Å²) in [6.45, 7) is 0. The van der Waals surface area contributed by atoms with Crippen LogP contribution in [0.3, 0.4) is 0 Å². The number of rotatable bonds is 5. The van der Waals surface area contributed by atoms with Gasteiger partial charge in [0.2, 0.25) is 0 Å². The molecule has 0 heterocycles. The Morgan fingerprint density at radius 2 is 1.43 bits per heavy atom. The minimum absolute atomic E-state index is 0.00917. The minimum atomic E-state index is -0.650. The first-order valence-electron chi connectivity index (χ1n) is 6.47. The largest absolute Gasteiger partial charge is 0.496 e. The molecule has 0 radical (unpaired) electrons. The molecule has 0 aliphatic rings. The molecule has 1 unspecified atom stereocenters. The van der Waals surface area contributed by atoms with Crippen LogP contribution in [-0.2, 0) is 6.42 Å². The molecule has 0 saturated heterocycles. The lowest BCUT2D eigenvalue weighted by molar-refractivity contribution is 0.378. The van der Waals surface area contributed by atoms with E-state index < -0.39 is 17.7 Å². The fourth-order valence-electron chi connectivity index (χ4n) is 2.29. The molecule has 2 aromatic rings. The van der Waals surface area contributed by atoms with Gasteiger partial charge in [0.1, 0.15) is 23.1 Å². The van der Waals surface area contributed by atoms with Gasteiger partial charge in [-0.2, -0.15) is 0 Å². The van der Waals surface area contributed by atoms with Gasteiger partial charge < -0.3 is 15.2 Å². The zero-order valence-electron chi connectivity index (χ0n) is 11.9. The van der Waals surface area contributed by atoms with Gasteiger partial charge in [-0.1, -0.05) is 12.1 Å². The highest BCUT2D eigenvalue weighted by molar-refractivity contribution is 5.47. The van der Waals surface area contributed by atoms with Gasteiger partial charge in [0.05, 0.1) is 19.8 Å². The second-order valence-electron chi connectivity index (χ2n) is 4.59. The zero-order valence-corrected chi connectivity index (χ0v) is 11.9. The molecule has 5 heteroatoms. The number of methoxy groups -OCH3 is 2. The van der Waals surface area contributed by atoms with Crippen molar-refractivity contribution in [3.63, 3.8) is 0 Å². The molecular formula is C16H17F2NO2. The third-order valence-electron chi connectivity index (χ3n) is 3.32. The molecular weight excluding hydrogens is 276 g/mol. The van der Waals surface area contributed by atoms with E-state index in [0.29, 0.717) is 17.1 Å². The number of hydrogen-bond acceptors (Lipinski definition) is 3. The summed E-state index contributed by atoms with van der Waals surface area (Å²) < 4.78 is 38.0. The van der Waals surface area contributed by atoms with Crippen molar-refractivity contribution in [3.8, 4) is 11.5 Å². The average Bonchev–Trinajstić information content (AvgIpc) is 2.49. The Hall–Kier alpha value is -2.14. The molecule has 2 rings (SSSR count). The summed E-state index contributed by atoms with van der Waals surface area (Å²) in [7, 11) is 3.02. The first-order valence-corrected chi connectivity index (χ1v) is 6.47. The molecule has 0 fully saturated rings. The van der Waals surface area contributed by atoms with Crippen LogP contribution in [0.15, 0.2) is 36.4 Å². The second-order valence-corrected chi connectivity index (χ2v) is 4.59. The number of benzene rings is 2. The Balaban J connectivity index is 2.39. The summed E-state index contributed by atoms with van der Waals surface area (Å²) in [6.07, 6.45) is 0.00917. The third-order valence-corrected chi connectivity index (χ3v) is 3.32. The predicted molar refractivity (Wildman–Crippen MR) is 76.5 cm³/mol. The van der Waals surface area contributed by atoms with Gasteiger partial charge >= 0.3 is 0 Å². The van der Waals surface area contributed by atoms with Crippen LogP contribution >= 0.6 is 0 Å². The van der Waals surface area contributed by atoms with E-state index in [0.717, 1.165) is 0 Å². The lowest BCUT2D eigenvalue weighted by Crippen LogP contribution is -2.17. The normalized spacial score (nSPS) is 12.0. The topological polar surface area (TPSA) is 44.5 Å². The standard InChI is InChI=1S/C16H17F2NO2/c1-20-14-7-4-8-15(21-2)16(14)13(19)9-10-11(17)5-3-6-12(10)18/h3-8,13H,9,19H2,1-2H3. The molecule has 0 aromatic heterocycles. The summed E-state index contributed by atoms with van der Waals surface area (Å²) in [4.78, 5) is 0. The molecule has 0 spiro atoms. The fourth-order valence-corrected chi connectivity index (χ4v) is 2.29. The maximum atomic E-state index is 13.7. The third kappa shape index (κ3) is 3.13. The summed E-state index contributed by atoms with van der Waals surface area (Å²) in [5, 5.41) is 0. The molecule has 0 aliphatic carbocycles. The molecule has 112 valence electrons. The molecule has 2 N–H and O–H groups in total. The molecule has 0 bridgehead atoms. The van der Waals surface area contributed by atoms with E-state index in [2.05, 4.69) is 0 Å². The average molecular weight is 293 g/mol. The highest BCUT2D eigenvalue weighted by atomic mass is 19.1. The summed E-state index contributed by atoms with van der Waals surface area (Å²) in [5.74, 6) is -0.171. The maximum Gasteiger partial charge on any atom is 0.129 e. The zero-order chi connectivity index (χ0) is 15.4. The monoisotopic (exact) mass is 293 g/mol. The molecule has 0 saturated carbocycles. The van der Waals surface area contributed by atoms with E-state index >= 15 is 0 Å². The quantitative estimate of drug-likeness (QED) is 0.920. The Morgan fingerprint density at radius 1 is 0.952 bits per heavy atom. The van der Waals surface area contributed by atoms with E-state index in [1.165, 1.54) is 32.4 Å². The van der Waals surface area contributed by atoms with Crippen LogP contribution in [0, 0.1) is 11.6 Å². The van der Waals surface area contributed by atoms with Gasteiger partial charge in [-0.15, -0.1) is 0 Å². The Labute approximate surface area is 122 Å². The number of halogens is 2. The Bertz CT molecular complexity index is 589. The van der Waals surface area contributed by atoms with E-state index in [-0.39, 0.29) is 12.0 Å². The summed E-state index contributed by atoms with van der Waals surface area (Å²) in [6, 6.07) is 8.32.